The number of rotatable bonds is 3. The highest BCUT2D eigenvalue weighted by Gasteiger charge is 2.26. The molecule has 1 aliphatic rings. The smallest absolute Gasteiger partial charge is 0.277 e. The van der Waals surface area contributed by atoms with Crippen LogP contribution in [0, 0.1) is 6.92 Å². The SMILES string of the molecule is Cc1cc(=O)c2ccccc2n1CC(=O)N1CCN(S(N)(=O)=O)CC1. The van der Waals surface area contributed by atoms with E-state index in [1.807, 2.05) is 16.7 Å². The van der Waals surface area contributed by atoms with Gasteiger partial charge in [-0.1, -0.05) is 12.1 Å². The lowest BCUT2D eigenvalue weighted by Crippen LogP contribution is -2.52. The van der Waals surface area contributed by atoms with Crippen LogP contribution in [0.2, 0.25) is 0 Å². The first-order valence-electron chi connectivity index (χ1n) is 7.92. The van der Waals surface area contributed by atoms with E-state index in [2.05, 4.69) is 0 Å². The predicted molar refractivity (Wildman–Crippen MR) is 94.2 cm³/mol. The van der Waals surface area contributed by atoms with Crippen molar-refractivity contribution in [2.75, 3.05) is 26.2 Å². The number of pyridine rings is 1. The van der Waals surface area contributed by atoms with E-state index in [1.165, 1.54) is 6.07 Å². The van der Waals surface area contributed by atoms with Crippen molar-refractivity contribution in [2.45, 2.75) is 13.5 Å². The molecule has 0 bridgehead atoms. The Morgan fingerprint density at radius 2 is 1.80 bits per heavy atom. The molecule has 1 amide bonds. The molecule has 0 radical (unpaired) electrons. The average molecular weight is 364 g/mol. The number of benzene rings is 1. The highest BCUT2D eigenvalue weighted by atomic mass is 32.2. The van der Waals surface area contributed by atoms with Crippen molar-refractivity contribution in [3.8, 4) is 0 Å². The number of carbonyl (C=O) groups is 1. The van der Waals surface area contributed by atoms with Crippen LogP contribution in [-0.4, -0.2) is 54.3 Å². The largest absolute Gasteiger partial charge is 0.339 e. The van der Waals surface area contributed by atoms with Gasteiger partial charge in [0.2, 0.25) is 5.91 Å². The fourth-order valence-corrected chi connectivity index (χ4v) is 3.76. The van der Waals surface area contributed by atoms with E-state index in [0.717, 1.165) is 4.31 Å². The molecular formula is C16H20N4O4S. The minimum absolute atomic E-state index is 0.0708. The average Bonchev–Trinajstić information content (AvgIpc) is 2.58. The van der Waals surface area contributed by atoms with Crippen molar-refractivity contribution in [2.24, 2.45) is 5.14 Å². The zero-order valence-electron chi connectivity index (χ0n) is 13.9. The molecule has 2 N–H and O–H groups in total. The Kier molecular flexibility index (Phi) is 4.63. The van der Waals surface area contributed by atoms with E-state index < -0.39 is 10.2 Å². The van der Waals surface area contributed by atoms with Crippen LogP contribution < -0.4 is 10.6 Å². The number of aryl methyl sites for hydroxylation is 1. The molecule has 1 aromatic carbocycles. The lowest BCUT2D eigenvalue weighted by atomic mass is 10.2. The summed E-state index contributed by atoms with van der Waals surface area (Å²) in [5, 5.41) is 5.68. The Morgan fingerprint density at radius 1 is 1.16 bits per heavy atom. The van der Waals surface area contributed by atoms with Crippen molar-refractivity contribution in [3.63, 3.8) is 0 Å². The number of piperazine rings is 1. The van der Waals surface area contributed by atoms with E-state index in [0.29, 0.717) is 29.7 Å². The summed E-state index contributed by atoms with van der Waals surface area (Å²) in [6.07, 6.45) is 0. The summed E-state index contributed by atoms with van der Waals surface area (Å²) < 4.78 is 25.7. The molecule has 2 aromatic rings. The second-order valence-electron chi connectivity index (χ2n) is 6.08. The van der Waals surface area contributed by atoms with Crippen molar-refractivity contribution < 1.29 is 13.2 Å². The van der Waals surface area contributed by atoms with Gasteiger partial charge in [-0.05, 0) is 19.1 Å². The van der Waals surface area contributed by atoms with E-state index in [1.54, 1.807) is 24.0 Å². The third kappa shape index (κ3) is 3.58. The van der Waals surface area contributed by atoms with Crippen LogP contribution in [0.3, 0.4) is 0 Å². The van der Waals surface area contributed by atoms with Gasteiger partial charge in [0.1, 0.15) is 6.54 Å². The van der Waals surface area contributed by atoms with Crippen molar-refractivity contribution in [1.29, 1.82) is 0 Å². The predicted octanol–water partition coefficient (Wildman–Crippen LogP) is -0.342. The summed E-state index contributed by atoms with van der Waals surface area (Å²) in [5.74, 6) is -0.119. The summed E-state index contributed by atoms with van der Waals surface area (Å²) in [6.45, 7) is 2.86. The van der Waals surface area contributed by atoms with Gasteiger partial charge in [0.15, 0.2) is 5.43 Å². The van der Waals surface area contributed by atoms with Crippen LogP contribution >= 0.6 is 0 Å². The van der Waals surface area contributed by atoms with Gasteiger partial charge in [-0.2, -0.15) is 12.7 Å². The van der Waals surface area contributed by atoms with Gasteiger partial charge < -0.3 is 9.47 Å². The van der Waals surface area contributed by atoms with Crippen molar-refractivity contribution in [3.05, 3.63) is 46.2 Å². The zero-order valence-corrected chi connectivity index (χ0v) is 14.7. The maximum absolute atomic E-state index is 12.6. The summed E-state index contributed by atoms with van der Waals surface area (Å²) >= 11 is 0. The van der Waals surface area contributed by atoms with Crippen LogP contribution in [0.1, 0.15) is 5.69 Å². The summed E-state index contributed by atoms with van der Waals surface area (Å²) in [5.41, 5.74) is 1.35. The molecule has 0 atom stereocenters. The first-order chi connectivity index (χ1) is 11.8. The maximum atomic E-state index is 12.6. The zero-order chi connectivity index (χ0) is 18.2. The number of nitrogens with zero attached hydrogens (tertiary/aromatic N) is 3. The molecular weight excluding hydrogens is 344 g/mol. The highest BCUT2D eigenvalue weighted by Crippen LogP contribution is 2.14. The number of para-hydroxylation sites is 1. The monoisotopic (exact) mass is 364 g/mol. The molecule has 1 aromatic heterocycles. The van der Waals surface area contributed by atoms with Gasteiger partial charge in [0.05, 0.1) is 5.52 Å². The molecule has 0 aliphatic carbocycles. The minimum Gasteiger partial charge on any atom is -0.339 e. The standard InChI is InChI=1S/C16H20N4O4S/c1-12-10-15(21)13-4-2-3-5-14(13)20(12)11-16(22)18-6-8-19(9-7-18)25(17,23)24/h2-5,10H,6-9,11H2,1H3,(H2,17,23,24). The number of nitrogens with two attached hydrogens (primary N) is 1. The molecule has 25 heavy (non-hydrogen) atoms. The summed E-state index contributed by atoms with van der Waals surface area (Å²) in [7, 11) is -3.72. The molecule has 2 heterocycles. The van der Waals surface area contributed by atoms with Crippen LogP contribution in [0.5, 0.6) is 0 Å². The Labute approximate surface area is 145 Å². The first-order valence-corrected chi connectivity index (χ1v) is 9.42. The van der Waals surface area contributed by atoms with Gasteiger partial charge in [-0.3, -0.25) is 9.59 Å². The topological polar surface area (TPSA) is 106 Å². The lowest BCUT2D eigenvalue weighted by molar-refractivity contribution is -0.133. The summed E-state index contributed by atoms with van der Waals surface area (Å²) in [4.78, 5) is 26.3. The van der Waals surface area contributed by atoms with Gasteiger partial charge in [-0.15, -0.1) is 0 Å². The third-order valence-electron chi connectivity index (χ3n) is 4.47. The Morgan fingerprint density at radius 3 is 2.44 bits per heavy atom. The van der Waals surface area contributed by atoms with E-state index in [4.69, 9.17) is 5.14 Å². The third-order valence-corrected chi connectivity index (χ3v) is 5.56. The van der Waals surface area contributed by atoms with Gasteiger partial charge in [0, 0.05) is 43.3 Å². The van der Waals surface area contributed by atoms with Gasteiger partial charge in [-0.25, -0.2) is 5.14 Å². The fourth-order valence-electron chi connectivity index (χ4n) is 3.09. The number of aromatic nitrogens is 1. The number of carbonyl (C=O) groups excluding carboxylic acids is 1. The first kappa shape index (κ1) is 17.6. The molecule has 8 nitrogen and oxygen atoms in total. The molecule has 1 aliphatic heterocycles. The minimum atomic E-state index is -3.72. The number of hydrogen-bond acceptors (Lipinski definition) is 4. The van der Waals surface area contributed by atoms with Crippen LogP contribution in [0.25, 0.3) is 10.9 Å². The highest BCUT2D eigenvalue weighted by molar-refractivity contribution is 7.86. The molecule has 0 saturated carbocycles. The molecule has 0 spiro atoms. The van der Waals surface area contributed by atoms with Crippen LogP contribution in [-0.2, 0) is 21.5 Å². The lowest BCUT2D eigenvalue weighted by Gasteiger charge is -2.33. The molecule has 9 heteroatoms. The molecule has 1 saturated heterocycles. The Bertz CT molecular complexity index is 975. The summed E-state index contributed by atoms with van der Waals surface area (Å²) in [6, 6.07) is 8.69. The molecule has 0 unspecified atom stereocenters. The Balaban J connectivity index is 1.81. The maximum Gasteiger partial charge on any atom is 0.277 e. The van der Waals surface area contributed by atoms with E-state index >= 15 is 0 Å². The van der Waals surface area contributed by atoms with Crippen LogP contribution in [0.4, 0.5) is 0 Å². The molecule has 3 rings (SSSR count). The van der Waals surface area contributed by atoms with Crippen LogP contribution in [0.15, 0.2) is 35.1 Å². The fraction of sp³-hybridized carbons (Fsp3) is 0.375. The quantitative estimate of drug-likeness (QED) is 0.804. The molecule has 1 fully saturated rings. The Hall–Kier alpha value is -2.23. The number of fused-ring (bicyclic) bond motifs is 1. The van der Waals surface area contributed by atoms with E-state index in [-0.39, 0.29) is 31.0 Å². The second kappa shape index (κ2) is 6.58. The van der Waals surface area contributed by atoms with E-state index in [9.17, 15) is 18.0 Å². The van der Waals surface area contributed by atoms with Gasteiger partial charge in [0.25, 0.3) is 10.2 Å². The van der Waals surface area contributed by atoms with Crippen molar-refractivity contribution in [1.82, 2.24) is 13.8 Å². The second-order valence-corrected chi connectivity index (χ2v) is 7.62. The van der Waals surface area contributed by atoms with Crippen molar-refractivity contribution >= 4 is 27.0 Å². The molecule has 134 valence electrons. The number of hydrogen-bond donors (Lipinski definition) is 1. The number of amides is 1. The van der Waals surface area contributed by atoms with Gasteiger partial charge >= 0.3 is 0 Å². The normalized spacial score (nSPS) is 16.3.